The molecule has 0 radical (unpaired) electrons. The first-order chi connectivity index (χ1) is 14.5. The van der Waals surface area contributed by atoms with E-state index in [0.717, 1.165) is 41.2 Å². The zero-order valence-corrected chi connectivity index (χ0v) is 18.1. The van der Waals surface area contributed by atoms with Crippen molar-refractivity contribution in [2.24, 2.45) is 41.4 Å². The molecule has 3 atom stereocenters. The second-order valence-electron chi connectivity index (χ2n) is 10.3. The summed E-state index contributed by atoms with van der Waals surface area (Å²) in [6, 6.07) is 2.25. The van der Waals surface area contributed by atoms with Gasteiger partial charge in [-0.15, -0.1) is 11.8 Å². The number of nitrogens with one attached hydrogen (secondary N) is 1. The molecule has 1 aliphatic heterocycles. The smallest absolute Gasteiger partial charge is 0.307 e. The number of fused-ring (bicyclic) bond motifs is 1. The summed E-state index contributed by atoms with van der Waals surface area (Å²) in [6.07, 6.45) is 10.4. The molecule has 1 aromatic heterocycles. The van der Waals surface area contributed by atoms with Crippen LogP contribution in [0.1, 0.15) is 42.5 Å². The summed E-state index contributed by atoms with van der Waals surface area (Å²) in [4.78, 5) is 32.3. The molecule has 0 spiro atoms. The predicted molar refractivity (Wildman–Crippen MR) is 115 cm³/mol. The topological polar surface area (TPSA) is 82.5 Å². The number of aromatic nitrogens is 1. The standard InChI is InChI=1S/C23H29N3O3S/c1-30-18-8-24-19(26-9-16-17(10-26)20(16)23(28)29)7-15(18)22(27)25-21-13-3-11-2-12(5-13)6-14(21)4-11/h7-8,11-14,16-17,20-21H,2-6,9-10H2,1H3,(H,25,27)(H,28,29)/t11?,12?,13?,14?,16-,17+,20?,21?. The van der Waals surface area contributed by atoms with Crippen molar-refractivity contribution in [3.63, 3.8) is 0 Å². The molecule has 1 amide bonds. The lowest BCUT2D eigenvalue weighted by atomic mass is 9.54. The molecule has 6 nitrogen and oxygen atoms in total. The average molecular weight is 428 g/mol. The third-order valence-corrected chi connectivity index (χ3v) is 9.41. The van der Waals surface area contributed by atoms with Gasteiger partial charge in [-0.1, -0.05) is 0 Å². The Morgan fingerprint density at radius 1 is 1.10 bits per heavy atom. The van der Waals surface area contributed by atoms with Crippen LogP contribution in [0.4, 0.5) is 5.82 Å². The average Bonchev–Trinajstić information content (AvgIpc) is 3.24. The van der Waals surface area contributed by atoms with E-state index in [9.17, 15) is 14.7 Å². The van der Waals surface area contributed by atoms with E-state index in [1.165, 1.54) is 32.1 Å². The summed E-state index contributed by atoms with van der Waals surface area (Å²) in [5.74, 6) is 3.54. The van der Waals surface area contributed by atoms with Crippen molar-refractivity contribution in [1.29, 1.82) is 0 Å². The number of thioether (sulfide) groups is 1. The lowest BCUT2D eigenvalue weighted by molar-refractivity contribution is -0.139. The Kier molecular flexibility index (Phi) is 4.34. The van der Waals surface area contributed by atoms with Crippen molar-refractivity contribution in [2.45, 2.75) is 43.0 Å². The Morgan fingerprint density at radius 2 is 1.73 bits per heavy atom. The number of aliphatic carboxylic acids is 1. The van der Waals surface area contributed by atoms with Gasteiger partial charge in [0.05, 0.1) is 11.5 Å². The molecule has 0 aromatic carbocycles. The summed E-state index contributed by atoms with van der Waals surface area (Å²) in [7, 11) is 0. The minimum atomic E-state index is -0.675. The molecule has 30 heavy (non-hydrogen) atoms. The van der Waals surface area contributed by atoms with Gasteiger partial charge >= 0.3 is 5.97 Å². The summed E-state index contributed by atoms with van der Waals surface area (Å²) in [6.45, 7) is 1.45. The van der Waals surface area contributed by atoms with Crippen LogP contribution in [0.15, 0.2) is 17.2 Å². The van der Waals surface area contributed by atoms with Gasteiger partial charge in [-0.2, -0.15) is 0 Å². The van der Waals surface area contributed by atoms with E-state index in [2.05, 4.69) is 15.2 Å². The van der Waals surface area contributed by atoms with Gasteiger partial charge in [0.25, 0.3) is 5.91 Å². The maximum atomic E-state index is 13.3. The van der Waals surface area contributed by atoms with Crippen LogP contribution in [0.25, 0.3) is 0 Å². The first-order valence-corrected chi connectivity index (χ1v) is 12.6. The molecule has 5 aliphatic carbocycles. The van der Waals surface area contributed by atoms with Gasteiger partial charge in [-0.25, -0.2) is 4.98 Å². The third kappa shape index (κ3) is 2.95. The molecule has 1 unspecified atom stereocenters. The number of carboxylic acid groups (broad SMARTS) is 1. The Morgan fingerprint density at radius 3 is 2.30 bits per heavy atom. The van der Waals surface area contributed by atoms with Crippen LogP contribution >= 0.6 is 11.8 Å². The van der Waals surface area contributed by atoms with Gasteiger partial charge in [-0.05, 0) is 79.9 Å². The lowest BCUT2D eigenvalue weighted by Crippen LogP contribution is -2.55. The fourth-order valence-electron chi connectivity index (χ4n) is 7.41. The number of rotatable bonds is 5. The number of carboxylic acids is 1. The Hall–Kier alpha value is -1.76. The minimum absolute atomic E-state index is 0.0354. The van der Waals surface area contributed by atoms with E-state index < -0.39 is 5.97 Å². The molecule has 160 valence electrons. The highest BCUT2D eigenvalue weighted by atomic mass is 32.2. The first-order valence-electron chi connectivity index (χ1n) is 11.3. The zero-order chi connectivity index (χ0) is 20.6. The molecule has 1 saturated heterocycles. The van der Waals surface area contributed by atoms with Gasteiger partial charge in [0.1, 0.15) is 5.82 Å². The van der Waals surface area contributed by atoms with Crippen molar-refractivity contribution < 1.29 is 14.7 Å². The molecule has 7 heteroatoms. The molecule has 2 N–H and O–H groups in total. The molecule has 2 heterocycles. The molecule has 6 aliphatic rings. The van der Waals surface area contributed by atoms with Crippen molar-refractivity contribution in [1.82, 2.24) is 10.3 Å². The molecular formula is C23H29N3O3S. The number of amides is 1. The highest BCUT2D eigenvalue weighted by Gasteiger charge is 2.60. The van der Waals surface area contributed by atoms with Crippen LogP contribution in [0.2, 0.25) is 0 Å². The van der Waals surface area contributed by atoms with E-state index in [1.807, 2.05) is 18.5 Å². The number of pyridine rings is 1. The second-order valence-corrected chi connectivity index (χ2v) is 11.1. The highest BCUT2D eigenvalue weighted by molar-refractivity contribution is 7.98. The van der Waals surface area contributed by atoms with Crippen molar-refractivity contribution in [2.75, 3.05) is 24.2 Å². The SMILES string of the molecule is CSc1cnc(N2C[C@@H]3C(C(=O)O)[C@@H]3C2)cc1C(=O)NC1C2CC3CC(C2)CC1C3. The van der Waals surface area contributed by atoms with E-state index in [0.29, 0.717) is 17.9 Å². The van der Waals surface area contributed by atoms with Crippen molar-refractivity contribution >= 4 is 29.5 Å². The maximum absolute atomic E-state index is 13.3. The predicted octanol–water partition coefficient (Wildman–Crippen LogP) is 3.12. The van der Waals surface area contributed by atoms with Gasteiger partial charge in [-0.3, -0.25) is 9.59 Å². The quantitative estimate of drug-likeness (QED) is 0.703. The second kappa shape index (κ2) is 6.87. The van der Waals surface area contributed by atoms with Gasteiger partial charge in [0, 0.05) is 30.2 Å². The molecule has 1 aromatic rings. The number of carbonyl (C=O) groups is 2. The summed E-state index contributed by atoms with van der Waals surface area (Å²) in [5, 5.41) is 12.7. The zero-order valence-electron chi connectivity index (χ0n) is 17.3. The minimum Gasteiger partial charge on any atom is -0.481 e. The Bertz CT molecular complexity index is 866. The fraction of sp³-hybridized carbons (Fsp3) is 0.696. The van der Waals surface area contributed by atoms with Gasteiger partial charge < -0.3 is 15.3 Å². The van der Waals surface area contributed by atoms with Crippen LogP contribution in [-0.2, 0) is 4.79 Å². The summed E-state index contributed by atoms with van der Waals surface area (Å²) in [5.41, 5.74) is 0.719. The Labute approximate surface area is 181 Å². The van der Waals surface area contributed by atoms with Crippen molar-refractivity contribution in [3.05, 3.63) is 17.8 Å². The van der Waals surface area contributed by atoms with Gasteiger partial charge in [0.2, 0.25) is 0 Å². The van der Waals surface area contributed by atoms with E-state index in [1.54, 1.807) is 11.8 Å². The monoisotopic (exact) mass is 427 g/mol. The van der Waals surface area contributed by atoms with Gasteiger partial charge in [0.15, 0.2) is 0 Å². The number of carbonyl (C=O) groups excluding carboxylic acids is 1. The van der Waals surface area contributed by atoms with E-state index in [-0.39, 0.29) is 23.7 Å². The van der Waals surface area contributed by atoms with Crippen LogP contribution in [0, 0.1) is 41.4 Å². The third-order valence-electron chi connectivity index (χ3n) is 8.65. The molecule has 7 rings (SSSR count). The van der Waals surface area contributed by atoms with E-state index >= 15 is 0 Å². The largest absolute Gasteiger partial charge is 0.481 e. The number of hydrogen-bond acceptors (Lipinski definition) is 5. The molecule has 6 fully saturated rings. The molecule has 4 bridgehead atoms. The lowest BCUT2D eigenvalue weighted by Gasteiger charge is -2.54. The summed E-state index contributed by atoms with van der Waals surface area (Å²) < 4.78 is 0. The first kappa shape index (κ1) is 19.0. The van der Waals surface area contributed by atoms with Crippen LogP contribution in [0.3, 0.4) is 0 Å². The maximum Gasteiger partial charge on any atom is 0.307 e. The molecular weight excluding hydrogens is 398 g/mol. The molecule has 5 saturated carbocycles. The number of anilines is 1. The number of hydrogen-bond donors (Lipinski definition) is 2. The normalized spacial score (nSPS) is 40.4. The summed E-state index contributed by atoms with van der Waals surface area (Å²) >= 11 is 1.56. The highest BCUT2D eigenvalue weighted by Crippen LogP contribution is 2.54. The van der Waals surface area contributed by atoms with Crippen LogP contribution < -0.4 is 10.2 Å². The van der Waals surface area contributed by atoms with Crippen LogP contribution in [0.5, 0.6) is 0 Å². The Balaban J connectivity index is 1.19. The van der Waals surface area contributed by atoms with Crippen molar-refractivity contribution in [3.8, 4) is 0 Å². The number of piperidine rings is 1. The van der Waals surface area contributed by atoms with E-state index in [4.69, 9.17) is 0 Å². The fourth-order valence-corrected chi connectivity index (χ4v) is 7.94. The van der Waals surface area contributed by atoms with Crippen LogP contribution in [-0.4, -0.2) is 47.4 Å². The number of nitrogens with zero attached hydrogens (tertiary/aromatic N) is 2.